The van der Waals surface area contributed by atoms with E-state index in [1.165, 1.54) is 0 Å². The summed E-state index contributed by atoms with van der Waals surface area (Å²) in [6, 6.07) is 3.44. The Kier molecular flexibility index (Phi) is 2.54. The second-order valence-electron chi connectivity index (χ2n) is 3.39. The Labute approximate surface area is 88.9 Å². The molecule has 0 fully saturated rings. The molecule has 1 aromatic carbocycles. The third-order valence-corrected chi connectivity index (χ3v) is 2.57. The highest BCUT2D eigenvalue weighted by atomic mass is 16.7. The lowest BCUT2D eigenvalue weighted by atomic mass is 10.0. The molecule has 3 nitrogen and oxygen atoms in total. The summed E-state index contributed by atoms with van der Waals surface area (Å²) in [5.41, 5.74) is 1.93. The van der Waals surface area contributed by atoms with E-state index in [4.69, 9.17) is 9.47 Å². The van der Waals surface area contributed by atoms with Crippen LogP contribution < -0.4 is 9.47 Å². The van der Waals surface area contributed by atoms with E-state index in [1.54, 1.807) is 6.07 Å². The number of aromatic hydroxyl groups is 1. The monoisotopic (exact) mass is 206 g/mol. The first-order chi connectivity index (χ1) is 7.26. The molecule has 1 heterocycles. The topological polar surface area (TPSA) is 38.7 Å². The van der Waals surface area contributed by atoms with Gasteiger partial charge in [0.15, 0.2) is 11.5 Å². The molecule has 0 unspecified atom stereocenters. The normalized spacial score (nSPS) is 14.4. The van der Waals surface area contributed by atoms with Gasteiger partial charge in [0.05, 0.1) is 0 Å². The van der Waals surface area contributed by atoms with Crippen LogP contribution in [-0.2, 0) is 0 Å². The summed E-state index contributed by atoms with van der Waals surface area (Å²) in [4.78, 5) is 0. The molecule has 0 amide bonds. The van der Waals surface area contributed by atoms with E-state index < -0.39 is 0 Å². The van der Waals surface area contributed by atoms with Gasteiger partial charge in [0.1, 0.15) is 5.75 Å². The molecule has 1 N–H and O–H groups in total. The maximum Gasteiger partial charge on any atom is 0.231 e. The summed E-state index contributed by atoms with van der Waals surface area (Å²) in [6.45, 7) is 4.25. The predicted molar refractivity (Wildman–Crippen MR) is 58.2 cm³/mol. The van der Waals surface area contributed by atoms with Crippen LogP contribution in [0.3, 0.4) is 0 Å². The van der Waals surface area contributed by atoms with E-state index in [0.29, 0.717) is 11.5 Å². The summed E-state index contributed by atoms with van der Waals surface area (Å²) in [5, 5.41) is 9.83. The van der Waals surface area contributed by atoms with Crippen molar-refractivity contribution in [1.82, 2.24) is 0 Å². The number of hydrogen-bond donors (Lipinski definition) is 1. The Bertz CT molecular complexity index is 408. The van der Waals surface area contributed by atoms with Crippen molar-refractivity contribution in [1.29, 1.82) is 0 Å². The van der Waals surface area contributed by atoms with Crippen LogP contribution in [0.2, 0.25) is 0 Å². The molecular weight excluding hydrogens is 192 g/mol. The molecule has 2 rings (SSSR count). The molecule has 15 heavy (non-hydrogen) atoms. The number of allylic oxidation sites excluding steroid dienone is 2. The number of rotatable bonds is 2. The predicted octanol–water partition coefficient (Wildman–Crippen LogP) is 2.93. The highest BCUT2D eigenvalue weighted by molar-refractivity contribution is 5.73. The van der Waals surface area contributed by atoms with E-state index in [-0.39, 0.29) is 12.5 Å². The Morgan fingerprint density at radius 1 is 1.40 bits per heavy atom. The molecule has 0 aromatic heterocycles. The molecule has 0 radical (unpaired) electrons. The molecule has 0 atom stereocenters. The highest BCUT2D eigenvalue weighted by Crippen LogP contribution is 2.40. The third kappa shape index (κ3) is 1.65. The number of ether oxygens (including phenoxy) is 2. The van der Waals surface area contributed by atoms with Gasteiger partial charge in [-0.15, -0.1) is 0 Å². The van der Waals surface area contributed by atoms with Crippen LogP contribution in [0, 0.1) is 0 Å². The van der Waals surface area contributed by atoms with Crippen LogP contribution in [0.15, 0.2) is 18.2 Å². The summed E-state index contributed by atoms with van der Waals surface area (Å²) in [6.07, 6.45) is 2.88. The van der Waals surface area contributed by atoms with Crippen molar-refractivity contribution in [2.75, 3.05) is 6.79 Å². The van der Waals surface area contributed by atoms with Crippen molar-refractivity contribution in [2.24, 2.45) is 0 Å². The molecule has 0 spiro atoms. The lowest BCUT2D eigenvalue weighted by molar-refractivity contribution is 0.174. The minimum Gasteiger partial charge on any atom is -0.507 e. The number of phenols is 1. The molecule has 0 aliphatic carbocycles. The number of benzene rings is 1. The van der Waals surface area contributed by atoms with E-state index >= 15 is 0 Å². The Morgan fingerprint density at radius 2 is 2.07 bits per heavy atom. The van der Waals surface area contributed by atoms with Crippen LogP contribution in [0.4, 0.5) is 0 Å². The van der Waals surface area contributed by atoms with Gasteiger partial charge in [-0.2, -0.15) is 0 Å². The summed E-state index contributed by atoms with van der Waals surface area (Å²) < 4.78 is 10.5. The first kappa shape index (κ1) is 9.90. The molecular formula is C12H14O3. The Balaban J connectivity index is 2.49. The van der Waals surface area contributed by atoms with Gasteiger partial charge in [-0.25, -0.2) is 0 Å². The summed E-state index contributed by atoms with van der Waals surface area (Å²) in [7, 11) is 0. The molecule has 1 aromatic rings. The highest BCUT2D eigenvalue weighted by Gasteiger charge is 2.17. The Hall–Kier alpha value is -1.64. The maximum atomic E-state index is 9.83. The van der Waals surface area contributed by atoms with Crippen molar-refractivity contribution in [3.05, 3.63) is 23.8 Å². The van der Waals surface area contributed by atoms with Crippen LogP contribution >= 0.6 is 0 Å². The van der Waals surface area contributed by atoms with Crippen molar-refractivity contribution in [2.45, 2.75) is 20.3 Å². The molecule has 1 aliphatic heterocycles. The second-order valence-corrected chi connectivity index (χ2v) is 3.39. The van der Waals surface area contributed by atoms with Crippen LogP contribution in [0.25, 0.3) is 5.57 Å². The van der Waals surface area contributed by atoms with Gasteiger partial charge in [0, 0.05) is 11.6 Å². The van der Waals surface area contributed by atoms with E-state index in [1.807, 2.05) is 19.1 Å². The van der Waals surface area contributed by atoms with Gasteiger partial charge in [-0.05, 0) is 25.0 Å². The van der Waals surface area contributed by atoms with Crippen molar-refractivity contribution in [3.63, 3.8) is 0 Å². The van der Waals surface area contributed by atoms with Crippen LogP contribution in [0.5, 0.6) is 17.2 Å². The molecule has 0 bridgehead atoms. The van der Waals surface area contributed by atoms with Gasteiger partial charge in [0.2, 0.25) is 6.79 Å². The zero-order valence-corrected chi connectivity index (χ0v) is 8.91. The quantitative estimate of drug-likeness (QED) is 0.808. The van der Waals surface area contributed by atoms with Gasteiger partial charge in [-0.1, -0.05) is 13.0 Å². The number of phenolic OH excluding ortho intramolecular Hbond substituents is 1. The van der Waals surface area contributed by atoms with Gasteiger partial charge in [0.25, 0.3) is 0 Å². The van der Waals surface area contributed by atoms with E-state index in [0.717, 1.165) is 17.6 Å². The average molecular weight is 206 g/mol. The smallest absolute Gasteiger partial charge is 0.231 e. The molecule has 0 saturated heterocycles. The maximum absolute atomic E-state index is 9.83. The molecule has 1 aliphatic rings. The lowest BCUT2D eigenvalue weighted by Crippen LogP contribution is -1.92. The third-order valence-electron chi connectivity index (χ3n) is 2.57. The van der Waals surface area contributed by atoms with Gasteiger partial charge >= 0.3 is 0 Å². The molecule has 80 valence electrons. The largest absolute Gasteiger partial charge is 0.507 e. The van der Waals surface area contributed by atoms with Crippen molar-refractivity contribution < 1.29 is 14.6 Å². The fraction of sp³-hybridized carbons (Fsp3) is 0.333. The summed E-state index contributed by atoms with van der Waals surface area (Å²) >= 11 is 0. The Morgan fingerprint density at radius 3 is 2.67 bits per heavy atom. The van der Waals surface area contributed by atoms with Crippen molar-refractivity contribution in [3.8, 4) is 17.2 Å². The average Bonchev–Trinajstić information content (AvgIpc) is 2.67. The number of hydrogen-bond acceptors (Lipinski definition) is 3. The van der Waals surface area contributed by atoms with Crippen LogP contribution in [0.1, 0.15) is 25.8 Å². The van der Waals surface area contributed by atoms with Crippen LogP contribution in [-0.4, -0.2) is 11.9 Å². The van der Waals surface area contributed by atoms with Crippen molar-refractivity contribution >= 4 is 5.57 Å². The number of fused-ring (bicyclic) bond motifs is 1. The molecule has 0 saturated carbocycles. The standard InChI is InChI=1S/C12H14O3/c1-3-8(4-2)9-5-11-12(6-10(9)13)15-7-14-11/h3,5-6,13H,4,7H2,1-2H3/b8-3-. The van der Waals surface area contributed by atoms with Gasteiger partial charge in [-0.3, -0.25) is 0 Å². The van der Waals surface area contributed by atoms with E-state index in [2.05, 4.69) is 6.92 Å². The first-order valence-corrected chi connectivity index (χ1v) is 5.04. The zero-order valence-electron chi connectivity index (χ0n) is 8.91. The minimum atomic E-state index is 0.232. The van der Waals surface area contributed by atoms with Gasteiger partial charge < -0.3 is 14.6 Å². The zero-order chi connectivity index (χ0) is 10.8. The minimum absolute atomic E-state index is 0.232. The fourth-order valence-electron chi connectivity index (χ4n) is 1.74. The first-order valence-electron chi connectivity index (χ1n) is 5.04. The van der Waals surface area contributed by atoms with E-state index in [9.17, 15) is 5.11 Å². The summed E-state index contributed by atoms with van der Waals surface area (Å²) in [5.74, 6) is 1.56. The lowest BCUT2D eigenvalue weighted by Gasteiger charge is -2.08. The fourth-order valence-corrected chi connectivity index (χ4v) is 1.74. The second kappa shape index (κ2) is 3.85. The molecule has 3 heteroatoms. The SMILES string of the molecule is C/C=C(/CC)c1cc2c(cc1O)OCO2.